The standard InChI is InChI=1S/C19H20O/c1-2-14-8-10-15(11-9-14)12-19(20)18-13-17(18)16-6-4-3-5-7-16/h3-11,17-18H,2,12-13H2,1H3. The predicted octanol–water partition coefficient (Wildman–Crippen LogP) is 4.16. The van der Waals surface area contributed by atoms with E-state index in [4.69, 9.17) is 0 Å². The minimum absolute atomic E-state index is 0.239. The maximum atomic E-state index is 12.3. The second-order valence-corrected chi connectivity index (χ2v) is 5.67. The van der Waals surface area contributed by atoms with Crippen molar-refractivity contribution >= 4 is 5.78 Å². The lowest BCUT2D eigenvalue weighted by Crippen LogP contribution is -2.06. The van der Waals surface area contributed by atoms with Crippen LogP contribution in [0.4, 0.5) is 0 Å². The molecule has 2 aromatic rings. The van der Waals surface area contributed by atoms with Gasteiger partial charge in [0.2, 0.25) is 0 Å². The zero-order valence-electron chi connectivity index (χ0n) is 11.9. The third kappa shape index (κ3) is 2.82. The molecule has 2 atom stereocenters. The van der Waals surface area contributed by atoms with E-state index < -0.39 is 0 Å². The Kier molecular flexibility index (Phi) is 3.68. The summed E-state index contributed by atoms with van der Waals surface area (Å²) >= 11 is 0. The van der Waals surface area contributed by atoms with Crippen molar-refractivity contribution < 1.29 is 4.79 Å². The molecule has 3 rings (SSSR count). The van der Waals surface area contributed by atoms with Crippen LogP contribution in [0.1, 0.15) is 36.0 Å². The van der Waals surface area contributed by atoms with E-state index in [0.29, 0.717) is 18.1 Å². The summed E-state index contributed by atoms with van der Waals surface area (Å²) in [5, 5.41) is 0. The van der Waals surface area contributed by atoms with Crippen molar-refractivity contribution in [2.45, 2.75) is 32.1 Å². The maximum Gasteiger partial charge on any atom is 0.140 e. The normalized spacial score (nSPS) is 20.6. The Hall–Kier alpha value is -1.89. The van der Waals surface area contributed by atoms with Crippen molar-refractivity contribution in [3.05, 3.63) is 71.3 Å². The van der Waals surface area contributed by atoms with Gasteiger partial charge in [-0.25, -0.2) is 0 Å². The van der Waals surface area contributed by atoms with Crippen molar-refractivity contribution in [2.75, 3.05) is 0 Å². The van der Waals surface area contributed by atoms with Gasteiger partial charge in [0.1, 0.15) is 5.78 Å². The van der Waals surface area contributed by atoms with E-state index in [0.717, 1.165) is 18.4 Å². The highest BCUT2D eigenvalue weighted by atomic mass is 16.1. The highest BCUT2D eigenvalue weighted by Gasteiger charge is 2.43. The van der Waals surface area contributed by atoms with E-state index in [1.54, 1.807) is 0 Å². The molecule has 102 valence electrons. The number of aryl methyl sites for hydroxylation is 1. The molecule has 0 radical (unpaired) electrons. The molecule has 0 N–H and O–H groups in total. The van der Waals surface area contributed by atoms with Crippen LogP contribution < -0.4 is 0 Å². The predicted molar refractivity (Wildman–Crippen MR) is 81.8 cm³/mol. The summed E-state index contributed by atoms with van der Waals surface area (Å²) in [6.07, 6.45) is 2.65. The number of Topliss-reactive ketones (excluding diaryl/α,β-unsaturated/α-hetero) is 1. The molecule has 0 saturated heterocycles. The smallest absolute Gasteiger partial charge is 0.140 e. The van der Waals surface area contributed by atoms with Crippen LogP contribution in [0.2, 0.25) is 0 Å². The molecule has 1 aliphatic rings. The summed E-state index contributed by atoms with van der Waals surface area (Å²) in [6.45, 7) is 2.15. The average molecular weight is 264 g/mol. The van der Waals surface area contributed by atoms with Crippen LogP contribution in [-0.2, 0) is 17.6 Å². The molecule has 0 aliphatic heterocycles. The second-order valence-electron chi connectivity index (χ2n) is 5.67. The highest BCUT2D eigenvalue weighted by molar-refractivity contribution is 5.87. The second kappa shape index (κ2) is 5.62. The summed E-state index contributed by atoms with van der Waals surface area (Å²) in [4.78, 5) is 12.3. The van der Waals surface area contributed by atoms with Crippen LogP contribution in [0.25, 0.3) is 0 Å². The average Bonchev–Trinajstić information content (AvgIpc) is 3.29. The molecular weight excluding hydrogens is 244 g/mol. The van der Waals surface area contributed by atoms with Crippen molar-refractivity contribution in [2.24, 2.45) is 5.92 Å². The van der Waals surface area contributed by atoms with Gasteiger partial charge >= 0.3 is 0 Å². The monoisotopic (exact) mass is 264 g/mol. The Morgan fingerprint density at radius 1 is 1.00 bits per heavy atom. The number of carbonyl (C=O) groups is 1. The summed E-state index contributed by atoms with van der Waals surface area (Å²) in [5.41, 5.74) is 3.79. The first-order chi connectivity index (χ1) is 9.78. The van der Waals surface area contributed by atoms with Gasteiger partial charge in [-0.2, -0.15) is 0 Å². The van der Waals surface area contributed by atoms with Gasteiger partial charge in [-0.3, -0.25) is 4.79 Å². The first-order valence-corrected chi connectivity index (χ1v) is 7.43. The van der Waals surface area contributed by atoms with Gasteiger partial charge in [-0.1, -0.05) is 61.5 Å². The summed E-state index contributed by atoms with van der Waals surface area (Å²) in [5.74, 6) is 1.09. The third-order valence-corrected chi connectivity index (χ3v) is 4.24. The van der Waals surface area contributed by atoms with E-state index in [-0.39, 0.29) is 5.92 Å². The van der Waals surface area contributed by atoms with Crippen LogP contribution in [0.15, 0.2) is 54.6 Å². The fourth-order valence-corrected chi connectivity index (χ4v) is 2.84. The van der Waals surface area contributed by atoms with E-state index in [9.17, 15) is 4.79 Å². The Morgan fingerprint density at radius 3 is 2.30 bits per heavy atom. The molecule has 0 aromatic heterocycles. The zero-order chi connectivity index (χ0) is 13.9. The molecule has 1 nitrogen and oxygen atoms in total. The Labute approximate surface area is 120 Å². The number of carbonyl (C=O) groups excluding carboxylic acids is 1. The van der Waals surface area contributed by atoms with Crippen LogP contribution >= 0.6 is 0 Å². The molecule has 0 bridgehead atoms. The molecule has 2 unspecified atom stereocenters. The minimum Gasteiger partial charge on any atom is -0.299 e. The summed E-state index contributed by atoms with van der Waals surface area (Å²) in [7, 11) is 0. The number of hydrogen-bond acceptors (Lipinski definition) is 1. The van der Waals surface area contributed by atoms with Crippen molar-refractivity contribution in [3.8, 4) is 0 Å². The fourth-order valence-electron chi connectivity index (χ4n) is 2.84. The molecular formula is C19H20O. The number of rotatable bonds is 5. The van der Waals surface area contributed by atoms with Gasteiger partial charge in [0, 0.05) is 12.3 Å². The lowest BCUT2D eigenvalue weighted by Gasteiger charge is -2.03. The topological polar surface area (TPSA) is 17.1 Å². The van der Waals surface area contributed by atoms with Gasteiger partial charge in [0.15, 0.2) is 0 Å². The third-order valence-electron chi connectivity index (χ3n) is 4.24. The lowest BCUT2D eigenvalue weighted by molar-refractivity contribution is -0.119. The minimum atomic E-state index is 0.239. The van der Waals surface area contributed by atoms with E-state index in [1.807, 2.05) is 6.07 Å². The Bertz CT molecular complexity index is 583. The lowest BCUT2D eigenvalue weighted by atomic mass is 10.0. The van der Waals surface area contributed by atoms with Gasteiger partial charge in [-0.15, -0.1) is 0 Å². The number of benzene rings is 2. The first kappa shape index (κ1) is 13.1. The quantitative estimate of drug-likeness (QED) is 0.792. The molecule has 1 aliphatic carbocycles. The zero-order valence-corrected chi connectivity index (χ0v) is 11.9. The van der Waals surface area contributed by atoms with Crippen molar-refractivity contribution in [1.82, 2.24) is 0 Å². The SMILES string of the molecule is CCc1ccc(CC(=O)C2CC2c2ccccc2)cc1. The summed E-state index contributed by atoms with van der Waals surface area (Å²) < 4.78 is 0. The van der Waals surface area contributed by atoms with Gasteiger partial charge in [0.25, 0.3) is 0 Å². The molecule has 0 spiro atoms. The van der Waals surface area contributed by atoms with Crippen LogP contribution in [0.3, 0.4) is 0 Å². The van der Waals surface area contributed by atoms with Crippen LogP contribution in [0.5, 0.6) is 0 Å². The fraction of sp³-hybridized carbons (Fsp3) is 0.316. The molecule has 0 heterocycles. The molecule has 20 heavy (non-hydrogen) atoms. The Balaban J connectivity index is 1.61. The van der Waals surface area contributed by atoms with Gasteiger partial charge in [0.05, 0.1) is 0 Å². The number of hydrogen-bond donors (Lipinski definition) is 0. The molecule has 2 aromatic carbocycles. The molecule has 1 fully saturated rings. The van der Waals surface area contributed by atoms with Crippen molar-refractivity contribution in [1.29, 1.82) is 0 Å². The molecule has 1 saturated carbocycles. The van der Waals surface area contributed by atoms with Crippen LogP contribution in [0, 0.1) is 5.92 Å². The van der Waals surface area contributed by atoms with E-state index in [2.05, 4.69) is 55.5 Å². The highest BCUT2D eigenvalue weighted by Crippen LogP contribution is 2.48. The Morgan fingerprint density at radius 2 is 1.65 bits per heavy atom. The molecule has 1 heteroatoms. The maximum absolute atomic E-state index is 12.3. The summed E-state index contributed by atoms with van der Waals surface area (Å²) in [6, 6.07) is 18.8. The largest absolute Gasteiger partial charge is 0.299 e. The first-order valence-electron chi connectivity index (χ1n) is 7.43. The van der Waals surface area contributed by atoms with Crippen LogP contribution in [-0.4, -0.2) is 5.78 Å². The van der Waals surface area contributed by atoms with Gasteiger partial charge in [-0.05, 0) is 35.4 Å². The molecule has 0 amide bonds. The van der Waals surface area contributed by atoms with E-state index >= 15 is 0 Å². The van der Waals surface area contributed by atoms with Gasteiger partial charge < -0.3 is 0 Å². The van der Waals surface area contributed by atoms with E-state index in [1.165, 1.54) is 11.1 Å². The van der Waals surface area contributed by atoms with Crippen molar-refractivity contribution in [3.63, 3.8) is 0 Å². The number of ketones is 1.